The first-order chi connectivity index (χ1) is 16.8. The summed E-state index contributed by atoms with van der Waals surface area (Å²) in [6.45, 7) is 0. The number of ether oxygens (including phenoxy) is 2. The molecule has 4 aromatic rings. The van der Waals surface area contributed by atoms with Crippen molar-refractivity contribution in [3.8, 4) is 34.5 Å². The van der Waals surface area contributed by atoms with Gasteiger partial charge in [-0.3, -0.25) is 9.78 Å². The zero-order chi connectivity index (χ0) is 24.9. The number of benzene rings is 4. The van der Waals surface area contributed by atoms with Crippen LogP contribution in [0.2, 0.25) is 0 Å². The van der Waals surface area contributed by atoms with E-state index in [1.54, 1.807) is 36.4 Å². The van der Waals surface area contributed by atoms with Crippen molar-refractivity contribution in [1.29, 1.82) is 0 Å². The minimum atomic E-state index is -1.96. The highest BCUT2D eigenvalue weighted by atomic mass is 19.2. The molecule has 0 unspecified atom stereocenters. The van der Waals surface area contributed by atoms with Gasteiger partial charge < -0.3 is 9.47 Å². The molecule has 0 bridgehead atoms. The SMILES string of the molecule is Fc1c(OOOc2cc(Oc3ccccc3)c(F)c(F)c2F)cc(Oc2ccccc2)c(F)c1F. The third kappa shape index (κ3) is 5.25. The van der Waals surface area contributed by atoms with Crippen molar-refractivity contribution in [1.82, 2.24) is 0 Å². The van der Waals surface area contributed by atoms with Gasteiger partial charge in [-0.25, -0.2) is 8.78 Å². The summed E-state index contributed by atoms with van der Waals surface area (Å²) in [5.41, 5.74) is 0. The lowest BCUT2D eigenvalue weighted by Gasteiger charge is -2.12. The molecule has 4 aromatic carbocycles. The van der Waals surface area contributed by atoms with Gasteiger partial charge in [0.2, 0.25) is 46.4 Å². The van der Waals surface area contributed by atoms with Gasteiger partial charge in [0.15, 0.2) is 11.5 Å². The maximum atomic E-state index is 14.1. The largest absolute Gasteiger partial charge is 0.454 e. The van der Waals surface area contributed by atoms with Crippen LogP contribution in [0.3, 0.4) is 0 Å². The summed E-state index contributed by atoms with van der Waals surface area (Å²) in [5.74, 6) is -14.4. The molecule has 0 aliphatic heterocycles. The summed E-state index contributed by atoms with van der Waals surface area (Å²) in [7, 11) is 0. The highest BCUT2D eigenvalue weighted by Crippen LogP contribution is 2.35. The monoisotopic (exact) mass is 494 g/mol. The second-order valence-corrected chi connectivity index (χ2v) is 6.69. The van der Waals surface area contributed by atoms with Crippen LogP contribution < -0.4 is 19.2 Å². The standard InChI is InChI=1S/C24H12F6O5/c25-19-15(31-13-7-3-1-4-8-13)11-17(21(27)23(19)29)33-35-34-18-12-16(20(26)24(30)22(18)28)32-14-9-5-2-6-10-14/h1-12H. The van der Waals surface area contributed by atoms with Crippen molar-refractivity contribution in [2.24, 2.45) is 0 Å². The second-order valence-electron chi connectivity index (χ2n) is 6.69. The Morgan fingerprint density at radius 2 is 0.743 bits per heavy atom. The van der Waals surface area contributed by atoms with E-state index < -0.39 is 57.9 Å². The molecule has 180 valence electrons. The summed E-state index contributed by atoms with van der Waals surface area (Å²) in [4.78, 5) is 8.86. The Hall–Kier alpha value is -4.38. The zero-order valence-corrected chi connectivity index (χ0v) is 17.2. The molecular weight excluding hydrogens is 482 g/mol. The van der Waals surface area contributed by atoms with Crippen LogP contribution >= 0.6 is 0 Å². The molecule has 0 aliphatic rings. The number of para-hydroxylation sites is 2. The molecule has 0 N–H and O–H groups in total. The van der Waals surface area contributed by atoms with Crippen LogP contribution in [-0.2, 0) is 5.04 Å². The van der Waals surface area contributed by atoms with Gasteiger partial charge in [0, 0.05) is 17.2 Å². The first kappa shape index (κ1) is 23.8. The lowest BCUT2D eigenvalue weighted by atomic mass is 10.2. The van der Waals surface area contributed by atoms with Gasteiger partial charge in [0.1, 0.15) is 11.5 Å². The van der Waals surface area contributed by atoms with Crippen molar-refractivity contribution < 1.29 is 50.6 Å². The van der Waals surface area contributed by atoms with Gasteiger partial charge in [0.25, 0.3) is 0 Å². The molecule has 0 atom stereocenters. The second kappa shape index (κ2) is 10.3. The minimum absolute atomic E-state index is 0.0929. The third-order valence-electron chi connectivity index (χ3n) is 4.35. The van der Waals surface area contributed by atoms with E-state index in [0.717, 1.165) is 0 Å². The first-order valence-corrected chi connectivity index (χ1v) is 9.67. The molecule has 0 amide bonds. The molecule has 0 radical (unpaired) electrons. The van der Waals surface area contributed by atoms with Crippen LogP contribution in [0.5, 0.6) is 34.5 Å². The summed E-state index contributed by atoms with van der Waals surface area (Å²) < 4.78 is 94.5. The molecule has 35 heavy (non-hydrogen) atoms. The van der Waals surface area contributed by atoms with Crippen molar-refractivity contribution in [3.05, 3.63) is 108 Å². The Bertz CT molecular complexity index is 1230. The molecule has 11 heteroatoms. The summed E-state index contributed by atoms with van der Waals surface area (Å²) >= 11 is 0. The van der Waals surface area contributed by atoms with Crippen LogP contribution in [0.15, 0.2) is 72.8 Å². The number of rotatable bonds is 8. The normalized spacial score (nSPS) is 10.7. The smallest absolute Gasteiger partial charge is 0.212 e. The van der Waals surface area contributed by atoms with E-state index in [9.17, 15) is 26.3 Å². The minimum Gasteiger partial charge on any atom is -0.454 e. The van der Waals surface area contributed by atoms with E-state index in [4.69, 9.17) is 9.47 Å². The Morgan fingerprint density at radius 3 is 1.11 bits per heavy atom. The Labute approximate surface area is 193 Å². The van der Waals surface area contributed by atoms with Crippen LogP contribution in [0.1, 0.15) is 0 Å². The molecule has 0 saturated carbocycles. The van der Waals surface area contributed by atoms with Crippen LogP contribution in [0.4, 0.5) is 26.3 Å². The average molecular weight is 494 g/mol. The Balaban J connectivity index is 1.52. The first-order valence-electron chi connectivity index (χ1n) is 9.67. The number of hydrogen-bond acceptors (Lipinski definition) is 5. The third-order valence-corrected chi connectivity index (χ3v) is 4.35. The Morgan fingerprint density at radius 1 is 0.400 bits per heavy atom. The molecule has 0 aromatic heterocycles. The molecule has 4 rings (SSSR count). The van der Waals surface area contributed by atoms with Crippen molar-refractivity contribution >= 4 is 0 Å². The molecule has 0 fully saturated rings. The van der Waals surface area contributed by atoms with E-state index in [1.807, 2.05) is 0 Å². The molecule has 0 saturated heterocycles. The van der Waals surface area contributed by atoms with Crippen molar-refractivity contribution in [2.45, 2.75) is 0 Å². The van der Waals surface area contributed by atoms with E-state index in [2.05, 4.69) is 14.8 Å². The van der Waals surface area contributed by atoms with E-state index >= 15 is 0 Å². The molecule has 0 aliphatic carbocycles. The predicted octanol–water partition coefficient (Wildman–Crippen LogP) is 7.41. The van der Waals surface area contributed by atoms with Crippen molar-refractivity contribution in [2.75, 3.05) is 0 Å². The molecule has 0 heterocycles. The lowest BCUT2D eigenvalue weighted by molar-refractivity contribution is -0.413. The summed E-state index contributed by atoms with van der Waals surface area (Å²) in [6, 6.07) is 16.3. The zero-order valence-electron chi connectivity index (χ0n) is 17.2. The fraction of sp³-hybridized carbons (Fsp3) is 0. The van der Waals surface area contributed by atoms with Gasteiger partial charge in [-0.05, 0) is 24.3 Å². The van der Waals surface area contributed by atoms with Crippen molar-refractivity contribution in [3.63, 3.8) is 0 Å². The lowest BCUT2D eigenvalue weighted by Crippen LogP contribution is -2.08. The highest BCUT2D eigenvalue weighted by molar-refractivity contribution is 5.41. The van der Waals surface area contributed by atoms with Gasteiger partial charge in [0.05, 0.1) is 0 Å². The molecular formula is C24H12F6O5. The topological polar surface area (TPSA) is 46.2 Å². The highest BCUT2D eigenvalue weighted by Gasteiger charge is 2.25. The van der Waals surface area contributed by atoms with Gasteiger partial charge in [-0.15, -0.1) is 0 Å². The van der Waals surface area contributed by atoms with Gasteiger partial charge >= 0.3 is 0 Å². The Kier molecular flexibility index (Phi) is 6.97. The summed E-state index contributed by atoms with van der Waals surface area (Å²) in [6.07, 6.45) is 0. The summed E-state index contributed by atoms with van der Waals surface area (Å²) in [5, 5.41) is 4.20. The fourth-order valence-electron chi connectivity index (χ4n) is 2.71. The number of halogens is 6. The molecule has 5 nitrogen and oxygen atoms in total. The van der Waals surface area contributed by atoms with Crippen LogP contribution in [0, 0.1) is 34.9 Å². The van der Waals surface area contributed by atoms with Crippen LogP contribution in [-0.4, -0.2) is 0 Å². The van der Waals surface area contributed by atoms with E-state index in [-0.39, 0.29) is 11.5 Å². The molecule has 0 spiro atoms. The average Bonchev–Trinajstić information content (AvgIpc) is 2.87. The van der Waals surface area contributed by atoms with Crippen LogP contribution in [0.25, 0.3) is 0 Å². The fourth-order valence-corrected chi connectivity index (χ4v) is 2.71. The van der Waals surface area contributed by atoms with E-state index in [0.29, 0.717) is 12.1 Å². The van der Waals surface area contributed by atoms with Gasteiger partial charge in [-0.1, -0.05) is 36.4 Å². The maximum Gasteiger partial charge on any atom is 0.212 e. The quantitative estimate of drug-likeness (QED) is 0.111. The van der Waals surface area contributed by atoms with E-state index in [1.165, 1.54) is 24.3 Å². The van der Waals surface area contributed by atoms with Gasteiger partial charge in [-0.2, -0.15) is 17.6 Å². The maximum absolute atomic E-state index is 14.1. The predicted molar refractivity (Wildman–Crippen MR) is 108 cm³/mol. The number of hydrogen-bond donors (Lipinski definition) is 0.